The maximum Gasteiger partial charge on any atom is 0.345 e. The molecule has 0 atom stereocenters. The highest BCUT2D eigenvalue weighted by Crippen LogP contribution is 2.28. The molecule has 0 fully saturated rings. The maximum absolute atomic E-state index is 13.1. The lowest BCUT2D eigenvalue weighted by atomic mass is 10.0. The topological polar surface area (TPSA) is 120 Å². The number of hydrazine groups is 1. The number of aryl methyl sites for hydroxylation is 1. The number of allylic oxidation sites excluding steroid dienone is 1. The molecule has 3 N–H and O–H groups in total. The quantitative estimate of drug-likeness (QED) is 0.282. The van der Waals surface area contributed by atoms with Crippen LogP contribution in [0, 0.1) is 12.3 Å². The van der Waals surface area contributed by atoms with Gasteiger partial charge in [-0.05, 0) is 42.8 Å². The molecule has 8 nitrogen and oxygen atoms in total. The molecular weight excluding hydrogens is 446 g/mol. The van der Waals surface area contributed by atoms with Crippen molar-refractivity contribution >= 4 is 34.3 Å². The fourth-order valence-electron chi connectivity index (χ4n) is 3.65. The van der Waals surface area contributed by atoms with Crippen molar-refractivity contribution in [2.24, 2.45) is 0 Å². The first-order chi connectivity index (χ1) is 16.8. The molecule has 0 spiro atoms. The highest BCUT2D eigenvalue weighted by Gasteiger charge is 2.39. The smallest absolute Gasteiger partial charge is 0.345 e. The highest BCUT2D eigenvalue weighted by atomic mass is 16.5. The maximum atomic E-state index is 13.1. The van der Waals surface area contributed by atoms with Crippen LogP contribution in [-0.2, 0) is 9.53 Å². The number of hydrogen-bond acceptors (Lipinski definition) is 6. The van der Waals surface area contributed by atoms with Gasteiger partial charge in [0.1, 0.15) is 11.3 Å². The van der Waals surface area contributed by atoms with Gasteiger partial charge in [0.25, 0.3) is 5.91 Å². The monoisotopic (exact) mass is 469 g/mol. The molecule has 0 bridgehead atoms. The third-order valence-corrected chi connectivity index (χ3v) is 5.49. The standard InChI is InChI=1S/C27H23N3O5/c1-3-35-27(34)23-24(32)21(15-22(31)20-13-12-17-6-4-5-7-19(17)14-20)30(25(23)28)29-26(33)18-10-8-16(2)9-11-18/h4-15,28,32H,3H2,1-2H3,(H,29,33). The van der Waals surface area contributed by atoms with Crippen LogP contribution in [0.15, 0.2) is 89.8 Å². The normalized spacial score (nSPS) is 14.5. The van der Waals surface area contributed by atoms with Gasteiger partial charge in [0.15, 0.2) is 17.4 Å². The van der Waals surface area contributed by atoms with Gasteiger partial charge in [-0.2, -0.15) is 0 Å². The molecule has 4 rings (SSSR count). The summed E-state index contributed by atoms with van der Waals surface area (Å²) in [5, 5.41) is 21.9. The van der Waals surface area contributed by atoms with Gasteiger partial charge in [-0.25, -0.2) is 9.80 Å². The molecule has 0 radical (unpaired) electrons. The molecule has 0 aromatic heterocycles. The average Bonchev–Trinajstić information content (AvgIpc) is 3.08. The van der Waals surface area contributed by atoms with Gasteiger partial charge in [0.2, 0.25) is 0 Å². The van der Waals surface area contributed by atoms with Crippen LogP contribution in [0.5, 0.6) is 0 Å². The Labute approximate surface area is 201 Å². The van der Waals surface area contributed by atoms with Crippen molar-refractivity contribution < 1.29 is 24.2 Å². The fraction of sp³-hybridized carbons (Fsp3) is 0.111. The van der Waals surface area contributed by atoms with Crippen LogP contribution in [0.3, 0.4) is 0 Å². The van der Waals surface area contributed by atoms with Crippen LogP contribution in [0.2, 0.25) is 0 Å². The number of fused-ring (bicyclic) bond motifs is 1. The van der Waals surface area contributed by atoms with Crippen LogP contribution in [-0.4, -0.2) is 40.2 Å². The molecule has 1 amide bonds. The molecule has 3 aromatic carbocycles. The molecule has 3 aromatic rings. The Hall–Kier alpha value is -4.72. The number of ether oxygens (including phenoxy) is 1. The zero-order chi connectivity index (χ0) is 25.1. The predicted molar refractivity (Wildman–Crippen MR) is 131 cm³/mol. The van der Waals surface area contributed by atoms with Gasteiger partial charge in [0, 0.05) is 17.2 Å². The largest absolute Gasteiger partial charge is 0.505 e. The third kappa shape index (κ3) is 4.67. The summed E-state index contributed by atoms with van der Waals surface area (Å²) in [4.78, 5) is 38.4. The second-order valence-electron chi connectivity index (χ2n) is 7.89. The number of aliphatic hydroxyl groups is 1. The Morgan fingerprint density at radius 3 is 2.34 bits per heavy atom. The fourth-order valence-corrected chi connectivity index (χ4v) is 3.65. The minimum Gasteiger partial charge on any atom is -0.505 e. The molecule has 1 aliphatic heterocycles. The van der Waals surface area contributed by atoms with Crippen molar-refractivity contribution in [2.75, 3.05) is 6.61 Å². The zero-order valence-electron chi connectivity index (χ0n) is 19.2. The van der Waals surface area contributed by atoms with Gasteiger partial charge in [-0.15, -0.1) is 0 Å². The van der Waals surface area contributed by atoms with Crippen LogP contribution in [0.1, 0.15) is 33.2 Å². The lowest BCUT2D eigenvalue weighted by Crippen LogP contribution is -2.43. The number of nitrogens with zero attached hydrogens (tertiary/aromatic N) is 1. The van der Waals surface area contributed by atoms with E-state index in [0.29, 0.717) is 11.1 Å². The number of rotatable bonds is 6. The SMILES string of the molecule is CCOC(=O)C1=C(O)C(=CC(=O)c2ccc3ccccc3c2)N(NC(=O)c2ccc(C)cc2)C1=N. The Morgan fingerprint density at radius 1 is 1.00 bits per heavy atom. The van der Waals surface area contributed by atoms with Gasteiger partial charge in [0.05, 0.1) is 6.61 Å². The molecular formula is C27H23N3O5. The molecule has 176 valence electrons. The summed E-state index contributed by atoms with van der Waals surface area (Å²) in [6.45, 7) is 3.49. The molecule has 1 aliphatic rings. The van der Waals surface area contributed by atoms with E-state index in [9.17, 15) is 19.5 Å². The lowest BCUT2D eigenvalue weighted by Gasteiger charge is -2.21. The number of aliphatic hydroxyl groups excluding tert-OH is 1. The number of esters is 1. The predicted octanol–water partition coefficient (Wildman–Crippen LogP) is 4.23. The minimum absolute atomic E-state index is 0.0215. The summed E-state index contributed by atoms with van der Waals surface area (Å²) in [7, 11) is 0. The second-order valence-corrected chi connectivity index (χ2v) is 7.89. The van der Waals surface area contributed by atoms with E-state index < -0.39 is 34.8 Å². The van der Waals surface area contributed by atoms with Crippen molar-refractivity contribution in [1.29, 1.82) is 5.41 Å². The van der Waals surface area contributed by atoms with Gasteiger partial charge in [-0.1, -0.05) is 54.1 Å². The Kier molecular flexibility index (Phi) is 6.46. The summed E-state index contributed by atoms with van der Waals surface area (Å²) in [6, 6.07) is 19.4. The first kappa shape index (κ1) is 23.4. The van der Waals surface area contributed by atoms with Crippen molar-refractivity contribution in [2.45, 2.75) is 13.8 Å². The van der Waals surface area contributed by atoms with Crippen molar-refractivity contribution in [3.05, 3.63) is 107 Å². The van der Waals surface area contributed by atoms with Crippen LogP contribution < -0.4 is 5.43 Å². The summed E-state index contributed by atoms with van der Waals surface area (Å²) >= 11 is 0. The lowest BCUT2D eigenvalue weighted by molar-refractivity contribution is -0.138. The van der Waals surface area contributed by atoms with Crippen molar-refractivity contribution in [1.82, 2.24) is 10.4 Å². The molecule has 0 aliphatic carbocycles. The summed E-state index contributed by atoms with van der Waals surface area (Å²) < 4.78 is 4.95. The Bertz CT molecular complexity index is 1420. The van der Waals surface area contributed by atoms with E-state index in [-0.39, 0.29) is 12.3 Å². The molecule has 0 unspecified atom stereocenters. The third-order valence-electron chi connectivity index (χ3n) is 5.49. The highest BCUT2D eigenvalue weighted by molar-refractivity contribution is 6.22. The number of amides is 1. The first-order valence-electron chi connectivity index (χ1n) is 10.9. The van der Waals surface area contributed by atoms with Crippen LogP contribution in [0.4, 0.5) is 0 Å². The van der Waals surface area contributed by atoms with Gasteiger partial charge >= 0.3 is 5.97 Å². The number of benzene rings is 3. The number of carbonyl (C=O) groups excluding carboxylic acids is 3. The van der Waals surface area contributed by atoms with Crippen molar-refractivity contribution in [3.63, 3.8) is 0 Å². The number of amidine groups is 1. The van der Waals surface area contributed by atoms with E-state index in [4.69, 9.17) is 10.1 Å². The number of carbonyl (C=O) groups is 3. The van der Waals surface area contributed by atoms with E-state index >= 15 is 0 Å². The number of ketones is 1. The molecule has 8 heteroatoms. The van der Waals surface area contributed by atoms with E-state index in [1.165, 1.54) is 0 Å². The van der Waals surface area contributed by atoms with E-state index in [1.54, 1.807) is 49.4 Å². The van der Waals surface area contributed by atoms with Crippen LogP contribution >= 0.6 is 0 Å². The second kappa shape index (κ2) is 9.64. The number of nitrogens with one attached hydrogen (secondary N) is 2. The number of hydrogen-bond donors (Lipinski definition) is 3. The van der Waals surface area contributed by atoms with Gasteiger partial charge in [-0.3, -0.25) is 20.4 Å². The summed E-state index contributed by atoms with van der Waals surface area (Å²) in [6.07, 6.45) is 1.08. The summed E-state index contributed by atoms with van der Waals surface area (Å²) in [5.74, 6) is -3.15. The molecule has 35 heavy (non-hydrogen) atoms. The molecule has 0 saturated carbocycles. The Balaban J connectivity index is 1.72. The Morgan fingerprint density at radius 2 is 1.66 bits per heavy atom. The first-order valence-corrected chi connectivity index (χ1v) is 10.9. The van der Waals surface area contributed by atoms with E-state index in [0.717, 1.165) is 27.4 Å². The minimum atomic E-state index is -0.939. The summed E-state index contributed by atoms with van der Waals surface area (Å²) in [5.41, 5.74) is 3.43. The molecule has 1 heterocycles. The molecule has 0 saturated heterocycles. The van der Waals surface area contributed by atoms with E-state index in [1.807, 2.05) is 31.2 Å². The van der Waals surface area contributed by atoms with Crippen LogP contribution in [0.25, 0.3) is 10.8 Å². The van der Waals surface area contributed by atoms with Gasteiger partial charge < -0.3 is 9.84 Å². The van der Waals surface area contributed by atoms with E-state index in [2.05, 4.69) is 5.43 Å². The van der Waals surface area contributed by atoms with Crippen molar-refractivity contribution in [3.8, 4) is 0 Å². The average molecular weight is 469 g/mol. The zero-order valence-corrected chi connectivity index (χ0v) is 19.2.